The van der Waals surface area contributed by atoms with Gasteiger partial charge < -0.3 is 10.1 Å². The predicted octanol–water partition coefficient (Wildman–Crippen LogP) is 1.98. The number of hydrogen-bond acceptors (Lipinski definition) is 4. The normalized spacial score (nSPS) is 22.2. The third kappa shape index (κ3) is 3.96. The summed E-state index contributed by atoms with van der Waals surface area (Å²) in [4.78, 5) is 5.11. The number of methoxy groups -OCH3 is 1. The number of benzene rings is 1. The molecule has 0 radical (unpaired) electrons. The minimum absolute atomic E-state index is 0.307. The molecule has 1 aliphatic heterocycles. The Balaban J connectivity index is 2.03. The van der Waals surface area contributed by atoms with Crippen LogP contribution in [0.15, 0.2) is 24.3 Å². The maximum absolute atomic E-state index is 5.51. The van der Waals surface area contributed by atoms with Gasteiger partial charge in [-0.15, -0.1) is 0 Å². The zero-order chi connectivity index (χ0) is 15.2. The number of nitrogens with one attached hydrogen (secondary N) is 1. The number of hydrogen-bond donors (Lipinski definition) is 1. The third-order valence-corrected chi connectivity index (χ3v) is 4.56. The summed E-state index contributed by atoms with van der Waals surface area (Å²) in [5.41, 5.74) is 1.24. The molecule has 2 unspecified atom stereocenters. The van der Waals surface area contributed by atoms with Crippen LogP contribution in [-0.4, -0.2) is 62.7 Å². The van der Waals surface area contributed by atoms with E-state index >= 15 is 0 Å². The summed E-state index contributed by atoms with van der Waals surface area (Å²) in [7, 11) is 3.77. The van der Waals surface area contributed by atoms with Crippen molar-refractivity contribution in [1.82, 2.24) is 15.1 Å². The lowest BCUT2D eigenvalue weighted by Crippen LogP contribution is -2.53. The van der Waals surface area contributed by atoms with Crippen molar-refractivity contribution in [2.45, 2.75) is 25.9 Å². The first-order valence-electron chi connectivity index (χ1n) is 7.96. The van der Waals surface area contributed by atoms with Crippen molar-refractivity contribution >= 4 is 0 Å². The van der Waals surface area contributed by atoms with Gasteiger partial charge in [0.2, 0.25) is 0 Å². The molecule has 0 spiro atoms. The molecule has 0 aromatic heterocycles. The SMILES string of the molecule is CCN1CCN(CC(NC)c2ccccc2OC)CC1C. The van der Waals surface area contributed by atoms with Crippen LogP contribution in [0.4, 0.5) is 0 Å². The zero-order valence-corrected chi connectivity index (χ0v) is 13.8. The van der Waals surface area contributed by atoms with Gasteiger partial charge in [0.25, 0.3) is 0 Å². The van der Waals surface area contributed by atoms with Crippen LogP contribution in [0.2, 0.25) is 0 Å². The minimum atomic E-state index is 0.307. The van der Waals surface area contributed by atoms with E-state index in [2.05, 4.69) is 41.1 Å². The lowest BCUT2D eigenvalue weighted by atomic mass is 10.0. The van der Waals surface area contributed by atoms with Crippen LogP contribution in [0.5, 0.6) is 5.75 Å². The second kappa shape index (κ2) is 7.78. The van der Waals surface area contributed by atoms with Crippen LogP contribution in [0.3, 0.4) is 0 Å². The second-order valence-electron chi connectivity index (χ2n) is 5.82. The Morgan fingerprint density at radius 1 is 1.33 bits per heavy atom. The highest BCUT2D eigenvalue weighted by molar-refractivity contribution is 5.36. The van der Waals surface area contributed by atoms with Crippen molar-refractivity contribution in [3.05, 3.63) is 29.8 Å². The smallest absolute Gasteiger partial charge is 0.123 e. The fraction of sp³-hybridized carbons (Fsp3) is 0.647. The summed E-state index contributed by atoms with van der Waals surface area (Å²) in [5, 5.41) is 3.45. The lowest BCUT2D eigenvalue weighted by molar-refractivity contribution is 0.0816. The van der Waals surface area contributed by atoms with Gasteiger partial charge in [-0.05, 0) is 26.6 Å². The Hall–Kier alpha value is -1.10. The van der Waals surface area contributed by atoms with Gasteiger partial charge in [-0.3, -0.25) is 9.80 Å². The third-order valence-electron chi connectivity index (χ3n) is 4.56. The van der Waals surface area contributed by atoms with Crippen molar-refractivity contribution in [3.8, 4) is 5.75 Å². The molecule has 1 N–H and O–H groups in total. The van der Waals surface area contributed by atoms with Gasteiger partial charge in [-0.25, -0.2) is 0 Å². The molecule has 0 amide bonds. The largest absolute Gasteiger partial charge is 0.496 e. The van der Waals surface area contributed by atoms with E-state index in [1.54, 1.807) is 7.11 Å². The van der Waals surface area contributed by atoms with Crippen LogP contribution >= 0.6 is 0 Å². The Kier molecular flexibility index (Phi) is 6.03. The molecule has 0 aliphatic carbocycles. The van der Waals surface area contributed by atoms with Gasteiger partial charge in [0, 0.05) is 43.8 Å². The molecule has 1 aliphatic rings. The van der Waals surface area contributed by atoms with Crippen LogP contribution in [0.25, 0.3) is 0 Å². The van der Waals surface area contributed by atoms with Crippen molar-refractivity contribution in [3.63, 3.8) is 0 Å². The standard InChI is InChI=1S/C17H29N3O/c1-5-20-11-10-19(12-14(20)2)13-16(18-3)15-8-6-7-9-17(15)21-4/h6-9,14,16,18H,5,10-13H2,1-4H3. The van der Waals surface area contributed by atoms with E-state index < -0.39 is 0 Å². The van der Waals surface area contributed by atoms with E-state index in [4.69, 9.17) is 4.74 Å². The average molecular weight is 291 g/mol. The topological polar surface area (TPSA) is 27.7 Å². The van der Waals surface area contributed by atoms with Gasteiger partial charge in [0.1, 0.15) is 5.75 Å². The van der Waals surface area contributed by atoms with Crippen LogP contribution < -0.4 is 10.1 Å². The molecule has 0 bridgehead atoms. The van der Waals surface area contributed by atoms with Gasteiger partial charge in [0.15, 0.2) is 0 Å². The highest BCUT2D eigenvalue weighted by atomic mass is 16.5. The Morgan fingerprint density at radius 2 is 2.10 bits per heavy atom. The lowest BCUT2D eigenvalue weighted by Gasteiger charge is -2.40. The van der Waals surface area contributed by atoms with Gasteiger partial charge in [-0.2, -0.15) is 0 Å². The highest BCUT2D eigenvalue weighted by Crippen LogP contribution is 2.25. The molecule has 2 rings (SSSR count). The summed E-state index contributed by atoms with van der Waals surface area (Å²) in [6.45, 7) is 10.2. The maximum atomic E-state index is 5.51. The first-order chi connectivity index (χ1) is 10.2. The van der Waals surface area contributed by atoms with Crippen LogP contribution in [0.1, 0.15) is 25.5 Å². The van der Waals surface area contributed by atoms with E-state index in [1.165, 1.54) is 12.1 Å². The van der Waals surface area contributed by atoms with Crippen LogP contribution in [0, 0.1) is 0 Å². The summed E-state index contributed by atoms with van der Waals surface area (Å²) >= 11 is 0. The first-order valence-corrected chi connectivity index (χ1v) is 7.96. The molecule has 118 valence electrons. The molecular weight excluding hydrogens is 262 g/mol. The Labute approximate surface area is 129 Å². The first kappa shape index (κ1) is 16.3. The molecule has 0 saturated carbocycles. The molecule has 1 heterocycles. The van der Waals surface area contributed by atoms with Gasteiger partial charge in [0.05, 0.1) is 7.11 Å². The number of ether oxygens (including phenoxy) is 1. The van der Waals surface area contributed by atoms with Crippen molar-refractivity contribution in [1.29, 1.82) is 0 Å². The molecule has 1 aromatic rings. The molecule has 4 nitrogen and oxygen atoms in total. The molecule has 21 heavy (non-hydrogen) atoms. The quantitative estimate of drug-likeness (QED) is 0.867. The molecule has 2 atom stereocenters. The predicted molar refractivity (Wildman–Crippen MR) is 87.9 cm³/mol. The second-order valence-corrected chi connectivity index (χ2v) is 5.82. The van der Waals surface area contributed by atoms with Crippen molar-refractivity contribution < 1.29 is 4.74 Å². The minimum Gasteiger partial charge on any atom is -0.496 e. The van der Waals surface area contributed by atoms with E-state index in [-0.39, 0.29) is 0 Å². The number of piperazine rings is 1. The Bertz CT molecular complexity index is 438. The monoisotopic (exact) mass is 291 g/mol. The molecular formula is C17H29N3O. The number of likely N-dealkylation sites (N-methyl/N-ethyl adjacent to an activating group) is 2. The van der Waals surface area contributed by atoms with Crippen LogP contribution in [-0.2, 0) is 0 Å². The fourth-order valence-electron chi connectivity index (χ4n) is 3.26. The fourth-order valence-corrected chi connectivity index (χ4v) is 3.26. The summed E-state index contributed by atoms with van der Waals surface area (Å²) in [6.07, 6.45) is 0. The van der Waals surface area contributed by atoms with E-state index in [9.17, 15) is 0 Å². The number of nitrogens with zero attached hydrogens (tertiary/aromatic N) is 2. The highest BCUT2D eigenvalue weighted by Gasteiger charge is 2.25. The molecule has 4 heteroatoms. The molecule has 1 fully saturated rings. The summed E-state index contributed by atoms with van der Waals surface area (Å²) < 4.78 is 5.51. The van der Waals surface area contributed by atoms with Gasteiger partial charge >= 0.3 is 0 Å². The van der Waals surface area contributed by atoms with E-state index in [0.29, 0.717) is 12.1 Å². The van der Waals surface area contributed by atoms with E-state index in [1.807, 2.05) is 19.2 Å². The zero-order valence-electron chi connectivity index (χ0n) is 13.8. The summed E-state index contributed by atoms with van der Waals surface area (Å²) in [5.74, 6) is 0.970. The molecule has 1 saturated heterocycles. The van der Waals surface area contributed by atoms with Gasteiger partial charge in [-0.1, -0.05) is 25.1 Å². The van der Waals surface area contributed by atoms with Crippen molar-refractivity contribution in [2.75, 3.05) is 46.9 Å². The van der Waals surface area contributed by atoms with Crippen molar-refractivity contribution in [2.24, 2.45) is 0 Å². The molecule has 1 aromatic carbocycles. The number of para-hydroxylation sites is 1. The maximum Gasteiger partial charge on any atom is 0.123 e. The summed E-state index contributed by atoms with van der Waals surface area (Å²) in [6, 6.07) is 9.25. The number of rotatable bonds is 6. The average Bonchev–Trinajstić information content (AvgIpc) is 2.52. The van der Waals surface area contributed by atoms with E-state index in [0.717, 1.165) is 31.9 Å². The Morgan fingerprint density at radius 3 is 2.71 bits per heavy atom.